The summed E-state index contributed by atoms with van der Waals surface area (Å²) >= 11 is 0. The van der Waals surface area contributed by atoms with Gasteiger partial charge in [-0.2, -0.15) is 0 Å². The highest BCUT2D eigenvalue weighted by molar-refractivity contribution is 5.97. The first-order valence-electron chi connectivity index (χ1n) is 9.90. The van der Waals surface area contributed by atoms with E-state index < -0.39 is 0 Å². The maximum atomic E-state index is 12.8. The van der Waals surface area contributed by atoms with Crippen molar-refractivity contribution in [3.05, 3.63) is 29.8 Å². The van der Waals surface area contributed by atoms with Gasteiger partial charge in [-0.3, -0.25) is 14.4 Å². The van der Waals surface area contributed by atoms with Crippen LogP contribution in [0.2, 0.25) is 0 Å². The molecule has 27 heavy (non-hydrogen) atoms. The number of piperidine rings is 1. The standard InChI is InChI=1S/C21H31N3O3/c1-4-6-12-23(3)20(26)16-10-13-24(14-11-16)21(27)17-8-7-9-18(15-17)22-19(25)5-2/h7-9,15-16H,4-6,10-14H2,1-3H3,(H,22,25). The van der Waals surface area contributed by atoms with Gasteiger partial charge in [0.2, 0.25) is 11.8 Å². The number of nitrogens with zero attached hydrogens (tertiary/aromatic N) is 2. The zero-order valence-electron chi connectivity index (χ0n) is 16.7. The average Bonchev–Trinajstić information content (AvgIpc) is 2.71. The molecule has 1 fully saturated rings. The molecule has 0 aromatic heterocycles. The summed E-state index contributed by atoms with van der Waals surface area (Å²) < 4.78 is 0. The third-order valence-corrected chi connectivity index (χ3v) is 5.07. The minimum Gasteiger partial charge on any atom is -0.346 e. The number of amides is 3. The van der Waals surface area contributed by atoms with Gasteiger partial charge in [-0.1, -0.05) is 26.3 Å². The van der Waals surface area contributed by atoms with Crippen molar-refractivity contribution in [1.29, 1.82) is 0 Å². The topological polar surface area (TPSA) is 69.7 Å². The van der Waals surface area contributed by atoms with E-state index in [1.54, 1.807) is 36.1 Å². The predicted molar refractivity (Wildman–Crippen MR) is 107 cm³/mol. The number of hydrogen-bond acceptors (Lipinski definition) is 3. The Labute approximate surface area is 161 Å². The lowest BCUT2D eigenvalue weighted by Gasteiger charge is -2.33. The normalized spacial score (nSPS) is 14.7. The van der Waals surface area contributed by atoms with Crippen molar-refractivity contribution in [3.8, 4) is 0 Å². The number of unbranched alkanes of at least 4 members (excludes halogenated alkanes) is 1. The predicted octanol–water partition coefficient (Wildman–Crippen LogP) is 3.15. The summed E-state index contributed by atoms with van der Waals surface area (Å²) in [7, 11) is 1.87. The van der Waals surface area contributed by atoms with E-state index in [2.05, 4.69) is 12.2 Å². The fourth-order valence-corrected chi connectivity index (χ4v) is 3.31. The first-order chi connectivity index (χ1) is 13.0. The van der Waals surface area contributed by atoms with Gasteiger partial charge in [-0.25, -0.2) is 0 Å². The highest BCUT2D eigenvalue weighted by atomic mass is 16.2. The maximum absolute atomic E-state index is 12.8. The highest BCUT2D eigenvalue weighted by Gasteiger charge is 2.29. The van der Waals surface area contributed by atoms with Crippen LogP contribution in [0.5, 0.6) is 0 Å². The van der Waals surface area contributed by atoms with E-state index in [1.807, 2.05) is 11.9 Å². The smallest absolute Gasteiger partial charge is 0.253 e. The quantitative estimate of drug-likeness (QED) is 0.798. The lowest BCUT2D eigenvalue weighted by molar-refractivity contribution is -0.135. The molecule has 2 rings (SSSR count). The van der Waals surface area contributed by atoms with E-state index in [-0.39, 0.29) is 23.6 Å². The Morgan fingerprint density at radius 1 is 1.19 bits per heavy atom. The number of rotatable bonds is 7. The van der Waals surface area contributed by atoms with Crippen LogP contribution in [0.1, 0.15) is 56.3 Å². The van der Waals surface area contributed by atoms with Crippen LogP contribution in [-0.4, -0.2) is 54.2 Å². The van der Waals surface area contributed by atoms with E-state index in [9.17, 15) is 14.4 Å². The summed E-state index contributed by atoms with van der Waals surface area (Å²) in [5, 5.41) is 2.78. The minimum absolute atomic E-state index is 0.00563. The molecule has 0 aliphatic carbocycles. The molecule has 6 heteroatoms. The number of benzene rings is 1. The average molecular weight is 373 g/mol. The Morgan fingerprint density at radius 2 is 1.89 bits per heavy atom. The van der Waals surface area contributed by atoms with Gasteiger partial charge in [0, 0.05) is 50.3 Å². The Bertz CT molecular complexity index is 666. The van der Waals surface area contributed by atoms with Crippen LogP contribution in [0.25, 0.3) is 0 Å². The van der Waals surface area contributed by atoms with Gasteiger partial charge in [-0.15, -0.1) is 0 Å². The second kappa shape index (κ2) is 10.1. The van der Waals surface area contributed by atoms with Gasteiger partial charge >= 0.3 is 0 Å². The van der Waals surface area contributed by atoms with Crippen LogP contribution in [0, 0.1) is 5.92 Å². The lowest BCUT2D eigenvalue weighted by Crippen LogP contribution is -2.43. The molecule has 0 spiro atoms. The van der Waals surface area contributed by atoms with E-state index in [0.29, 0.717) is 43.6 Å². The van der Waals surface area contributed by atoms with Crippen molar-refractivity contribution in [2.75, 3.05) is 32.0 Å². The second-order valence-corrected chi connectivity index (χ2v) is 7.16. The molecule has 1 saturated heterocycles. The van der Waals surface area contributed by atoms with Gasteiger partial charge in [0.1, 0.15) is 0 Å². The van der Waals surface area contributed by atoms with Gasteiger partial charge in [0.15, 0.2) is 0 Å². The van der Waals surface area contributed by atoms with Crippen molar-refractivity contribution >= 4 is 23.4 Å². The SMILES string of the molecule is CCCCN(C)C(=O)C1CCN(C(=O)c2cccc(NC(=O)CC)c2)CC1. The molecule has 1 heterocycles. The molecule has 1 aliphatic rings. The monoisotopic (exact) mass is 373 g/mol. The fourth-order valence-electron chi connectivity index (χ4n) is 3.31. The van der Waals surface area contributed by atoms with Crippen LogP contribution in [0.15, 0.2) is 24.3 Å². The van der Waals surface area contributed by atoms with Gasteiger partial charge < -0.3 is 15.1 Å². The molecule has 0 unspecified atom stereocenters. The summed E-state index contributed by atoms with van der Waals surface area (Å²) in [4.78, 5) is 40.5. The first-order valence-corrected chi connectivity index (χ1v) is 9.90. The minimum atomic E-state index is -0.0777. The van der Waals surface area contributed by atoms with Crippen LogP contribution in [0.4, 0.5) is 5.69 Å². The van der Waals surface area contributed by atoms with Gasteiger partial charge in [0.25, 0.3) is 5.91 Å². The van der Waals surface area contributed by atoms with E-state index in [0.717, 1.165) is 19.4 Å². The zero-order chi connectivity index (χ0) is 19.8. The Morgan fingerprint density at radius 3 is 2.52 bits per heavy atom. The lowest BCUT2D eigenvalue weighted by atomic mass is 9.94. The number of carbonyl (C=O) groups is 3. The van der Waals surface area contributed by atoms with E-state index >= 15 is 0 Å². The molecule has 6 nitrogen and oxygen atoms in total. The molecule has 1 aromatic carbocycles. The van der Waals surface area contributed by atoms with Gasteiger partial charge in [-0.05, 0) is 37.5 Å². The number of anilines is 1. The summed E-state index contributed by atoms with van der Waals surface area (Å²) in [5.74, 6) is 0.0739. The van der Waals surface area contributed by atoms with Crippen molar-refractivity contribution in [3.63, 3.8) is 0 Å². The molecule has 0 bridgehead atoms. The fraction of sp³-hybridized carbons (Fsp3) is 0.571. The molecule has 0 atom stereocenters. The molecule has 1 aromatic rings. The summed E-state index contributed by atoms with van der Waals surface area (Å²) in [6, 6.07) is 7.03. The van der Waals surface area contributed by atoms with Crippen molar-refractivity contribution < 1.29 is 14.4 Å². The largest absolute Gasteiger partial charge is 0.346 e. The molecular formula is C21H31N3O3. The van der Waals surface area contributed by atoms with Crippen molar-refractivity contribution in [2.45, 2.75) is 46.0 Å². The highest BCUT2D eigenvalue weighted by Crippen LogP contribution is 2.22. The number of hydrogen-bond donors (Lipinski definition) is 1. The maximum Gasteiger partial charge on any atom is 0.253 e. The zero-order valence-corrected chi connectivity index (χ0v) is 16.7. The van der Waals surface area contributed by atoms with E-state index in [1.165, 1.54) is 0 Å². The number of carbonyl (C=O) groups excluding carboxylic acids is 3. The molecule has 148 valence electrons. The molecule has 1 N–H and O–H groups in total. The second-order valence-electron chi connectivity index (χ2n) is 7.16. The van der Waals surface area contributed by atoms with Crippen LogP contribution >= 0.6 is 0 Å². The first kappa shape index (κ1) is 20.9. The molecular weight excluding hydrogens is 342 g/mol. The summed E-state index contributed by atoms with van der Waals surface area (Å²) in [5.41, 5.74) is 1.20. The Kier molecular flexibility index (Phi) is 7.82. The molecule has 1 aliphatic heterocycles. The van der Waals surface area contributed by atoms with Crippen LogP contribution < -0.4 is 5.32 Å². The number of nitrogens with one attached hydrogen (secondary N) is 1. The third-order valence-electron chi connectivity index (χ3n) is 5.07. The van der Waals surface area contributed by atoms with E-state index in [4.69, 9.17) is 0 Å². The summed E-state index contributed by atoms with van der Waals surface area (Å²) in [6.07, 6.45) is 3.89. The van der Waals surface area contributed by atoms with Crippen molar-refractivity contribution in [2.24, 2.45) is 5.92 Å². The number of likely N-dealkylation sites (tertiary alicyclic amines) is 1. The third kappa shape index (κ3) is 5.81. The van der Waals surface area contributed by atoms with Crippen LogP contribution in [-0.2, 0) is 9.59 Å². The summed E-state index contributed by atoms with van der Waals surface area (Å²) in [6.45, 7) is 5.87. The van der Waals surface area contributed by atoms with Crippen LogP contribution in [0.3, 0.4) is 0 Å². The Balaban J connectivity index is 1.92. The van der Waals surface area contributed by atoms with Gasteiger partial charge in [0.05, 0.1) is 0 Å². The molecule has 0 radical (unpaired) electrons. The molecule has 3 amide bonds. The van der Waals surface area contributed by atoms with Crippen molar-refractivity contribution in [1.82, 2.24) is 9.80 Å². The Hall–Kier alpha value is -2.37. The molecule has 0 saturated carbocycles.